The molecule has 0 bridgehead atoms. The van der Waals surface area contributed by atoms with Crippen molar-refractivity contribution in [1.82, 2.24) is 5.06 Å². The molecule has 4 nitrogen and oxygen atoms in total. The van der Waals surface area contributed by atoms with E-state index in [2.05, 4.69) is 42.8 Å². The quantitative estimate of drug-likeness (QED) is 0.322. The van der Waals surface area contributed by atoms with Gasteiger partial charge in [-0.15, -0.1) is 0 Å². The molecule has 0 saturated carbocycles. The van der Waals surface area contributed by atoms with Crippen molar-refractivity contribution in [2.45, 2.75) is 0 Å². The molecule has 0 atom stereocenters. The Morgan fingerprint density at radius 2 is 1.69 bits per heavy atom. The standard InChI is InChI=1S/C7H7NO3S2/c1-3-5(9)8(6(10)4-2)11-7(12)13/h3-4H,1-2H2,(H,12,13). The Morgan fingerprint density at radius 3 is 1.92 bits per heavy atom. The van der Waals surface area contributed by atoms with Crippen LogP contribution < -0.4 is 0 Å². The fourth-order valence-corrected chi connectivity index (χ4v) is 0.599. The molecule has 0 aromatic rings. The van der Waals surface area contributed by atoms with Crippen LogP contribution in [-0.4, -0.2) is 21.3 Å². The van der Waals surface area contributed by atoms with Crippen LogP contribution in [0.2, 0.25) is 0 Å². The number of amides is 2. The van der Waals surface area contributed by atoms with Crippen LogP contribution in [0.3, 0.4) is 0 Å². The first-order chi connectivity index (χ1) is 6.02. The van der Waals surface area contributed by atoms with Gasteiger partial charge >= 0.3 is 0 Å². The Kier molecular flexibility index (Phi) is 5.01. The van der Waals surface area contributed by atoms with Gasteiger partial charge in [0.2, 0.25) is 0 Å². The molecule has 0 radical (unpaired) electrons. The molecule has 0 aliphatic rings. The topological polar surface area (TPSA) is 46.6 Å². The number of nitrogens with zero attached hydrogens (tertiary/aromatic N) is 1. The van der Waals surface area contributed by atoms with Crippen LogP contribution in [-0.2, 0) is 14.4 Å². The second kappa shape index (κ2) is 5.50. The normalized spacial score (nSPS) is 8.38. The van der Waals surface area contributed by atoms with Crippen molar-refractivity contribution >= 4 is 41.0 Å². The van der Waals surface area contributed by atoms with Gasteiger partial charge in [-0.25, -0.2) is 0 Å². The van der Waals surface area contributed by atoms with Crippen LogP contribution in [0, 0.1) is 0 Å². The summed E-state index contributed by atoms with van der Waals surface area (Å²) in [6, 6.07) is 0. The lowest BCUT2D eigenvalue weighted by molar-refractivity contribution is -0.166. The largest absolute Gasteiger partial charge is 0.350 e. The highest BCUT2D eigenvalue weighted by molar-refractivity contribution is 8.10. The molecule has 70 valence electrons. The van der Waals surface area contributed by atoms with Crippen molar-refractivity contribution in [3.8, 4) is 0 Å². The monoisotopic (exact) mass is 217 g/mol. The van der Waals surface area contributed by atoms with Gasteiger partial charge in [0.15, 0.2) is 0 Å². The van der Waals surface area contributed by atoms with Crippen molar-refractivity contribution in [3.05, 3.63) is 25.3 Å². The van der Waals surface area contributed by atoms with Crippen molar-refractivity contribution in [2.24, 2.45) is 0 Å². The molecule has 2 amide bonds. The third kappa shape index (κ3) is 3.86. The van der Waals surface area contributed by atoms with Gasteiger partial charge in [0.05, 0.1) is 0 Å². The average molecular weight is 217 g/mol. The zero-order chi connectivity index (χ0) is 10.4. The fraction of sp³-hybridized carbons (Fsp3) is 0. The van der Waals surface area contributed by atoms with Crippen LogP contribution in [0.5, 0.6) is 0 Å². The van der Waals surface area contributed by atoms with Gasteiger partial charge in [0.1, 0.15) is 0 Å². The molecule has 0 aliphatic carbocycles. The van der Waals surface area contributed by atoms with Gasteiger partial charge in [-0.05, 0) is 24.4 Å². The highest BCUT2D eigenvalue weighted by Crippen LogP contribution is 1.99. The first-order valence-electron chi connectivity index (χ1n) is 3.06. The first-order valence-corrected chi connectivity index (χ1v) is 3.92. The third-order valence-electron chi connectivity index (χ3n) is 0.919. The van der Waals surface area contributed by atoms with Crippen LogP contribution in [0.1, 0.15) is 0 Å². The van der Waals surface area contributed by atoms with E-state index in [1.807, 2.05) is 0 Å². The summed E-state index contributed by atoms with van der Waals surface area (Å²) in [6.07, 6.45) is 1.82. The second-order valence-corrected chi connectivity index (χ2v) is 2.82. The number of thiocarbonyl (C=S) groups is 1. The molecular weight excluding hydrogens is 210 g/mol. The molecule has 0 N–H and O–H groups in total. The molecule has 0 fully saturated rings. The van der Waals surface area contributed by atoms with E-state index in [0.717, 1.165) is 12.2 Å². The lowest BCUT2D eigenvalue weighted by atomic mass is 10.5. The highest BCUT2D eigenvalue weighted by Gasteiger charge is 2.18. The van der Waals surface area contributed by atoms with Gasteiger partial charge in [0, 0.05) is 0 Å². The van der Waals surface area contributed by atoms with E-state index in [4.69, 9.17) is 0 Å². The number of hydrogen-bond donors (Lipinski definition) is 1. The lowest BCUT2D eigenvalue weighted by Crippen LogP contribution is -2.35. The van der Waals surface area contributed by atoms with Crippen LogP contribution in [0.4, 0.5) is 0 Å². The minimum atomic E-state index is -0.735. The van der Waals surface area contributed by atoms with E-state index in [1.54, 1.807) is 0 Å². The minimum absolute atomic E-state index is 0.245. The smallest absolute Gasteiger partial charge is 0.286 e. The summed E-state index contributed by atoms with van der Waals surface area (Å²) in [6.45, 7) is 6.36. The molecule has 0 heterocycles. The van der Waals surface area contributed by atoms with Crippen molar-refractivity contribution < 1.29 is 14.4 Å². The van der Waals surface area contributed by atoms with E-state index in [0.29, 0.717) is 5.06 Å². The molecule has 0 unspecified atom stereocenters. The Morgan fingerprint density at radius 1 is 1.31 bits per heavy atom. The maximum absolute atomic E-state index is 11.0. The summed E-state index contributed by atoms with van der Waals surface area (Å²) >= 11 is 8.03. The number of thiol groups is 1. The predicted molar refractivity (Wildman–Crippen MR) is 54.9 cm³/mol. The number of rotatable bonds is 2. The highest BCUT2D eigenvalue weighted by atomic mass is 32.1. The molecule has 13 heavy (non-hydrogen) atoms. The van der Waals surface area contributed by atoms with E-state index < -0.39 is 11.8 Å². The first kappa shape index (κ1) is 11.9. The van der Waals surface area contributed by atoms with Crippen LogP contribution >= 0.6 is 24.8 Å². The van der Waals surface area contributed by atoms with E-state index in [1.165, 1.54) is 0 Å². The third-order valence-corrected chi connectivity index (χ3v) is 1.08. The summed E-state index contributed by atoms with van der Waals surface area (Å²) < 4.78 is -0.245. The molecule has 0 aromatic carbocycles. The molecular formula is C7H7NO3S2. The van der Waals surface area contributed by atoms with Gasteiger partial charge < -0.3 is 4.84 Å². The van der Waals surface area contributed by atoms with Gasteiger partial charge in [-0.1, -0.05) is 30.8 Å². The number of carbonyl (C=O) groups is 2. The number of carbonyl (C=O) groups excluding carboxylic acids is 2. The zero-order valence-corrected chi connectivity index (χ0v) is 8.31. The Bertz CT molecular complexity index is 255. The van der Waals surface area contributed by atoms with Crippen molar-refractivity contribution in [2.75, 3.05) is 0 Å². The van der Waals surface area contributed by atoms with Crippen LogP contribution in [0.15, 0.2) is 25.3 Å². The molecule has 6 heteroatoms. The molecule has 0 saturated heterocycles. The Labute approximate surface area is 86.2 Å². The predicted octanol–water partition coefficient (Wildman–Crippen LogP) is 0.860. The summed E-state index contributed by atoms with van der Waals surface area (Å²) in [5.41, 5.74) is 0. The minimum Gasteiger partial charge on any atom is -0.350 e. The summed E-state index contributed by atoms with van der Waals surface area (Å²) in [5.74, 6) is -1.47. The maximum Gasteiger partial charge on any atom is 0.286 e. The van der Waals surface area contributed by atoms with E-state index >= 15 is 0 Å². The summed E-state index contributed by atoms with van der Waals surface area (Å²) in [4.78, 5) is 26.5. The number of hydroxylamine groups is 2. The zero-order valence-electron chi connectivity index (χ0n) is 6.60. The lowest BCUT2D eigenvalue weighted by Gasteiger charge is -2.15. The van der Waals surface area contributed by atoms with Gasteiger partial charge in [-0.2, -0.15) is 0 Å². The van der Waals surface area contributed by atoms with E-state index in [-0.39, 0.29) is 4.38 Å². The van der Waals surface area contributed by atoms with Crippen LogP contribution in [0.25, 0.3) is 0 Å². The number of hydrogen-bond acceptors (Lipinski definition) is 4. The second-order valence-electron chi connectivity index (χ2n) is 1.74. The summed E-state index contributed by atoms with van der Waals surface area (Å²) in [5, 5.41) is 0.412. The molecule has 0 aliphatic heterocycles. The molecule has 0 aromatic heterocycles. The Hall–Kier alpha value is -1.14. The molecule has 0 spiro atoms. The van der Waals surface area contributed by atoms with Crippen molar-refractivity contribution in [3.63, 3.8) is 0 Å². The van der Waals surface area contributed by atoms with Crippen molar-refractivity contribution in [1.29, 1.82) is 0 Å². The van der Waals surface area contributed by atoms with E-state index in [9.17, 15) is 9.59 Å². The SMILES string of the molecule is C=CC(=O)N(OC(=S)S)C(=O)C=C. The molecule has 0 rings (SSSR count). The summed E-state index contributed by atoms with van der Waals surface area (Å²) in [7, 11) is 0. The maximum atomic E-state index is 11.0. The van der Waals surface area contributed by atoms with Gasteiger partial charge in [-0.3, -0.25) is 9.59 Å². The average Bonchev–Trinajstić information content (AvgIpc) is 2.11. The number of imide groups is 1. The Balaban J connectivity index is 4.63. The fourth-order valence-electron chi connectivity index (χ4n) is 0.442. The van der Waals surface area contributed by atoms with Gasteiger partial charge in [0.25, 0.3) is 16.2 Å².